The Morgan fingerprint density at radius 1 is 1.22 bits per heavy atom. The van der Waals surface area contributed by atoms with Gasteiger partial charge in [0.05, 0.1) is 5.69 Å². The maximum Gasteiger partial charge on any atom is 0.265 e. The molecule has 0 bridgehead atoms. The van der Waals surface area contributed by atoms with Crippen molar-refractivity contribution in [1.29, 1.82) is 0 Å². The number of carbonyl (C=O) groups is 2. The molecular weight excluding hydrogens is 312 g/mol. The minimum absolute atomic E-state index is 0.0177. The Kier molecular flexibility index (Phi) is 5.81. The molecule has 2 rings (SSSR count). The Morgan fingerprint density at radius 3 is 2.52 bits per heavy atom. The number of aromatic nitrogens is 2. The summed E-state index contributed by atoms with van der Waals surface area (Å²) in [6, 6.07) is 7.41. The summed E-state index contributed by atoms with van der Waals surface area (Å²) in [6.45, 7) is 6.05. The summed E-state index contributed by atoms with van der Waals surface area (Å²) in [7, 11) is 0. The first-order chi connectivity index (χ1) is 11.0. The molecule has 0 unspecified atom stereocenters. The average molecular weight is 332 g/mol. The first-order valence-electron chi connectivity index (χ1n) is 7.50. The van der Waals surface area contributed by atoms with Crippen LogP contribution in [0, 0.1) is 5.92 Å². The van der Waals surface area contributed by atoms with Crippen LogP contribution in [0.1, 0.15) is 41.7 Å². The van der Waals surface area contributed by atoms with Gasteiger partial charge < -0.3 is 10.6 Å². The Hall–Kier alpha value is -2.28. The molecule has 23 heavy (non-hydrogen) atoms. The van der Waals surface area contributed by atoms with E-state index in [4.69, 9.17) is 0 Å². The molecule has 122 valence electrons. The molecule has 6 nitrogen and oxygen atoms in total. The number of carbonyl (C=O) groups excluding carboxylic acids is 2. The molecule has 2 N–H and O–H groups in total. The minimum Gasteiger partial charge on any atom is -0.347 e. The molecule has 2 amide bonds. The number of hydrogen-bond donors (Lipinski definition) is 2. The minimum atomic E-state index is -0.158. The van der Waals surface area contributed by atoms with E-state index in [1.165, 1.54) is 0 Å². The number of nitrogens with zero attached hydrogens (tertiary/aromatic N) is 2. The zero-order chi connectivity index (χ0) is 16.8. The van der Waals surface area contributed by atoms with Crippen LogP contribution in [0.25, 0.3) is 0 Å². The molecule has 0 aliphatic heterocycles. The van der Waals surface area contributed by atoms with E-state index in [0.29, 0.717) is 17.8 Å². The van der Waals surface area contributed by atoms with E-state index in [1.54, 1.807) is 0 Å². The second kappa shape index (κ2) is 7.82. The lowest BCUT2D eigenvalue weighted by molar-refractivity contribution is -0.118. The molecule has 7 heteroatoms. The molecule has 1 aromatic heterocycles. The number of nitrogens with one attached hydrogen (secondary N) is 2. The van der Waals surface area contributed by atoms with Crippen LogP contribution in [0.2, 0.25) is 0 Å². The Labute approximate surface area is 139 Å². The molecule has 0 aliphatic rings. The SMILES string of the molecule is CCc1nnsc1C(=O)NCc1ccc(NC(=O)C(C)C)cc1. The molecule has 1 aromatic carbocycles. The topological polar surface area (TPSA) is 84.0 Å². The second-order valence-corrected chi connectivity index (χ2v) is 6.18. The van der Waals surface area contributed by atoms with Crippen molar-refractivity contribution in [3.8, 4) is 0 Å². The van der Waals surface area contributed by atoms with Crippen LogP contribution in [0.5, 0.6) is 0 Å². The van der Waals surface area contributed by atoms with Gasteiger partial charge in [0.25, 0.3) is 5.91 Å². The van der Waals surface area contributed by atoms with Gasteiger partial charge in [0.1, 0.15) is 4.88 Å². The van der Waals surface area contributed by atoms with Gasteiger partial charge in [-0.05, 0) is 35.6 Å². The van der Waals surface area contributed by atoms with Crippen LogP contribution in [0.15, 0.2) is 24.3 Å². The van der Waals surface area contributed by atoms with Crippen LogP contribution in [-0.2, 0) is 17.8 Å². The summed E-state index contributed by atoms with van der Waals surface area (Å²) in [5.74, 6) is -0.236. The van der Waals surface area contributed by atoms with Crippen molar-refractivity contribution in [3.05, 3.63) is 40.4 Å². The lowest BCUT2D eigenvalue weighted by Crippen LogP contribution is -2.23. The molecule has 0 spiro atoms. The lowest BCUT2D eigenvalue weighted by Gasteiger charge is -2.09. The third-order valence-electron chi connectivity index (χ3n) is 3.30. The van der Waals surface area contributed by atoms with Gasteiger partial charge in [0.2, 0.25) is 5.91 Å². The highest BCUT2D eigenvalue weighted by Gasteiger charge is 2.14. The molecule has 0 saturated carbocycles. The van der Waals surface area contributed by atoms with E-state index in [9.17, 15) is 9.59 Å². The zero-order valence-corrected chi connectivity index (χ0v) is 14.2. The van der Waals surface area contributed by atoms with Crippen LogP contribution >= 0.6 is 11.5 Å². The lowest BCUT2D eigenvalue weighted by atomic mass is 10.1. The first-order valence-corrected chi connectivity index (χ1v) is 8.27. The molecular formula is C16H20N4O2S. The highest BCUT2D eigenvalue weighted by Crippen LogP contribution is 2.13. The van der Waals surface area contributed by atoms with Crippen molar-refractivity contribution in [2.24, 2.45) is 5.92 Å². The van der Waals surface area contributed by atoms with Crippen molar-refractivity contribution in [2.75, 3.05) is 5.32 Å². The maximum atomic E-state index is 12.1. The maximum absolute atomic E-state index is 12.1. The average Bonchev–Trinajstić information content (AvgIpc) is 3.02. The largest absolute Gasteiger partial charge is 0.347 e. The van der Waals surface area contributed by atoms with Gasteiger partial charge >= 0.3 is 0 Å². The standard InChI is InChI=1S/C16H20N4O2S/c1-4-13-14(23-20-19-13)16(22)17-9-11-5-7-12(8-6-11)18-15(21)10(2)3/h5-8,10H,4,9H2,1-3H3,(H,17,22)(H,18,21). The van der Waals surface area contributed by atoms with Crippen LogP contribution in [0.4, 0.5) is 5.69 Å². The fourth-order valence-electron chi connectivity index (χ4n) is 1.87. The van der Waals surface area contributed by atoms with E-state index in [-0.39, 0.29) is 17.7 Å². The van der Waals surface area contributed by atoms with Crippen LogP contribution in [0.3, 0.4) is 0 Å². The number of anilines is 1. The molecule has 1 heterocycles. The zero-order valence-electron chi connectivity index (χ0n) is 13.4. The fourth-order valence-corrected chi connectivity index (χ4v) is 2.53. The summed E-state index contributed by atoms with van der Waals surface area (Å²) in [6.07, 6.45) is 0.684. The molecule has 2 aromatic rings. The third kappa shape index (κ3) is 4.59. The smallest absolute Gasteiger partial charge is 0.265 e. The fraction of sp³-hybridized carbons (Fsp3) is 0.375. The van der Waals surface area contributed by atoms with E-state index in [2.05, 4.69) is 20.2 Å². The van der Waals surface area contributed by atoms with Crippen molar-refractivity contribution >= 4 is 29.0 Å². The van der Waals surface area contributed by atoms with Crippen molar-refractivity contribution in [3.63, 3.8) is 0 Å². The van der Waals surface area contributed by atoms with Gasteiger partial charge in [-0.2, -0.15) is 0 Å². The second-order valence-electron chi connectivity index (χ2n) is 5.43. The highest BCUT2D eigenvalue weighted by molar-refractivity contribution is 7.08. The van der Waals surface area contributed by atoms with Gasteiger partial charge in [-0.25, -0.2) is 0 Å². The van der Waals surface area contributed by atoms with Crippen LogP contribution in [-0.4, -0.2) is 21.4 Å². The van der Waals surface area contributed by atoms with Crippen molar-refractivity contribution < 1.29 is 9.59 Å². The summed E-state index contributed by atoms with van der Waals surface area (Å²) in [5, 5.41) is 9.62. The van der Waals surface area contributed by atoms with Gasteiger partial charge in [0.15, 0.2) is 0 Å². The molecule has 0 aliphatic carbocycles. The summed E-state index contributed by atoms with van der Waals surface area (Å²) in [5.41, 5.74) is 2.43. The number of amides is 2. The van der Waals surface area contributed by atoms with Crippen molar-refractivity contribution in [1.82, 2.24) is 14.9 Å². The van der Waals surface area contributed by atoms with E-state index >= 15 is 0 Å². The van der Waals surface area contributed by atoms with Crippen molar-refractivity contribution in [2.45, 2.75) is 33.7 Å². The Morgan fingerprint density at radius 2 is 1.91 bits per heavy atom. The highest BCUT2D eigenvalue weighted by atomic mass is 32.1. The molecule has 0 atom stereocenters. The predicted molar refractivity (Wildman–Crippen MR) is 90.4 cm³/mol. The quantitative estimate of drug-likeness (QED) is 0.852. The van der Waals surface area contributed by atoms with E-state index in [0.717, 1.165) is 28.5 Å². The third-order valence-corrected chi connectivity index (χ3v) is 4.06. The summed E-state index contributed by atoms with van der Waals surface area (Å²) < 4.78 is 3.81. The summed E-state index contributed by atoms with van der Waals surface area (Å²) >= 11 is 1.11. The van der Waals surface area contributed by atoms with Gasteiger partial charge in [0, 0.05) is 18.2 Å². The summed E-state index contributed by atoms with van der Waals surface area (Å²) in [4.78, 5) is 24.3. The monoisotopic (exact) mass is 332 g/mol. The number of hydrogen-bond acceptors (Lipinski definition) is 5. The number of benzene rings is 1. The Balaban J connectivity index is 1.91. The number of aryl methyl sites for hydroxylation is 1. The van der Waals surface area contributed by atoms with Crippen LogP contribution < -0.4 is 10.6 Å². The molecule has 0 radical (unpaired) electrons. The number of rotatable bonds is 6. The molecule has 0 saturated heterocycles. The van der Waals surface area contributed by atoms with E-state index < -0.39 is 0 Å². The normalized spacial score (nSPS) is 10.6. The van der Waals surface area contributed by atoms with Gasteiger partial charge in [-0.1, -0.05) is 37.4 Å². The van der Waals surface area contributed by atoms with E-state index in [1.807, 2.05) is 45.0 Å². The first kappa shape index (κ1) is 17.1. The molecule has 0 fully saturated rings. The predicted octanol–water partition coefficient (Wildman–Crippen LogP) is 2.63. The Bertz CT molecular complexity index is 680. The van der Waals surface area contributed by atoms with Gasteiger partial charge in [-0.15, -0.1) is 5.10 Å². The van der Waals surface area contributed by atoms with Gasteiger partial charge in [-0.3, -0.25) is 9.59 Å².